The van der Waals surface area contributed by atoms with Gasteiger partial charge in [0, 0.05) is 0 Å². The van der Waals surface area contributed by atoms with Gasteiger partial charge in [0.25, 0.3) is 0 Å². The molecule has 1 aromatic heterocycles. The normalized spacial score (nSPS) is 13.1. The van der Waals surface area contributed by atoms with Gasteiger partial charge in [0.2, 0.25) is 0 Å². The van der Waals surface area contributed by atoms with Crippen LogP contribution in [0.15, 0.2) is 15.9 Å². The van der Waals surface area contributed by atoms with Crippen LogP contribution in [0, 0.1) is 0 Å². The van der Waals surface area contributed by atoms with E-state index >= 15 is 0 Å². The fourth-order valence-corrected chi connectivity index (χ4v) is 3.06. The molecule has 0 aliphatic carbocycles. The van der Waals surface area contributed by atoms with Gasteiger partial charge in [-0.25, -0.2) is 0 Å². The molecule has 0 bridgehead atoms. The van der Waals surface area contributed by atoms with Crippen LogP contribution in [0.3, 0.4) is 0 Å². The largest absolute Gasteiger partial charge is 0.391 e. The predicted octanol–water partition coefficient (Wildman–Crippen LogP) is 1.30. The van der Waals surface area contributed by atoms with E-state index in [0.717, 1.165) is 19.6 Å². The summed E-state index contributed by atoms with van der Waals surface area (Å²) < 4.78 is 1.19. The minimum atomic E-state index is 0.280. The van der Waals surface area contributed by atoms with Crippen LogP contribution in [0.25, 0.3) is 0 Å². The number of hydrogen-bond acceptors (Lipinski definition) is 2. The van der Waals surface area contributed by atoms with Gasteiger partial charge in [-0.15, -0.1) is 11.3 Å². The Morgan fingerprint density at radius 2 is 2.21 bits per heavy atom. The first kappa shape index (κ1) is 12.2. The Morgan fingerprint density at radius 1 is 1.43 bits per heavy atom. The summed E-state index contributed by atoms with van der Waals surface area (Å²) in [5.74, 6) is 0. The molecule has 1 unspecified atom stereocenters. The van der Waals surface area contributed by atoms with Crippen LogP contribution in [-0.2, 0) is 6.54 Å². The second-order valence-electron chi connectivity index (χ2n) is 3.36. The van der Waals surface area contributed by atoms with Gasteiger partial charge in [0.15, 0.2) is 0 Å². The van der Waals surface area contributed by atoms with E-state index in [0.29, 0.717) is 0 Å². The Kier molecular flexibility index (Phi) is 5.70. The highest BCUT2D eigenvalue weighted by molar-refractivity contribution is 9.11. The molecule has 0 spiro atoms. The van der Waals surface area contributed by atoms with Gasteiger partial charge >= 0.3 is 0 Å². The Bertz CT molecular complexity index is 258. The summed E-state index contributed by atoms with van der Waals surface area (Å²) >= 11 is 5.24. The first-order chi connectivity index (χ1) is 6.76. The lowest BCUT2D eigenvalue weighted by molar-refractivity contribution is -0.913. The fourth-order valence-electron chi connectivity index (χ4n) is 1.51. The Morgan fingerprint density at radius 3 is 2.71 bits per heavy atom. The van der Waals surface area contributed by atoms with Crippen molar-refractivity contribution < 1.29 is 10.0 Å². The highest BCUT2D eigenvalue weighted by Crippen LogP contribution is 2.21. The van der Waals surface area contributed by atoms with Crippen molar-refractivity contribution in [3.05, 3.63) is 20.8 Å². The molecule has 0 radical (unpaired) electrons. The summed E-state index contributed by atoms with van der Waals surface area (Å²) in [5.41, 5.74) is 0. The number of thiophene rings is 1. The zero-order valence-electron chi connectivity index (χ0n) is 8.42. The molecule has 0 aliphatic rings. The quantitative estimate of drug-likeness (QED) is 0.806. The zero-order chi connectivity index (χ0) is 10.4. The summed E-state index contributed by atoms with van der Waals surface area (Å²) in [7, 11) is 0. The molecule has 80 valence electrons. The molecule has 1 aromatic rings. The summed E-state index contributed by atoms with van der Waals surface area (Å²) in [5, 5.41) is 8.92. The maximum Gasteiger partial charge on any atom is 0.112 e. The molecule has 14 heavy (non-hydrogen) atoms. The van der Waals surface area contributed by atoms with E-state index in [1.165, 1.54) is 20.0 Å². The van der Waals surface area contributed by atoms with Crippen molar-refractivity contribution in [2.45, 2.75) is 19.9 Å². The molecular formula is C10H17BrNOS+. The average molecular weight is 279 g/mol. The van der Waals surface area contributed by atoms with Gasteiger partial charge in [0.1, 0.15) is 13.1 Å². The molecule has 1 atom stereocenters. The molecule has 4 heteroatoms. The Hall–Kier alpha value is 0.1000. The molecule has 0 saturated heterocycles. The topological polar surface area (TPSA) is 24.7 Å². The lowest BCUT2D eigenvalue weighted by atomic mass is 10.3. The van der Waals surface area contributed by atoms with Gasteiger partial charge in [0.05, 0.1) is 21.8 Å². The second-order valence-corrected chi connectivity index (χ2v) is 5.90. The van der Waals surface area contributed by atoms with Gasteiger partial charge in [-0.2, -0.15) is 0 Å². The summed E-state index contributed by atoms with van der Waals surface area (Å²) in [6, 6.07) is 4.24. The van der Waals surface area contributed by atoms with Crippen LogP contribution in [0.5, 0.6) is 0 Å². The molecule has 0 aliphatic heterocycles. The third-order valence-corrected chi connectivity index (χ3v) is 3.75. The van der Waals surface area contributed by atoms with Crippen molar-refractivity contribution in [2.75, 3.05) is 19.7 Å². The number of aliphatic hydroxyl groups excluding tert-OH is 1. The second kappa shape index (κ2) is 6.56. The van der Waals surface area contributed by atoms with Gasteiger partial charge in [-0.3, -0.25) is 0 Å². The van der Waals surface area contributed by atoms with Gasteiger partial charge < -0.3 is 10.0 Å². The van der Waals surface area contributed by atoms with E-state index in [1.807, 2.05) is 0 Å². The van der Waals surface area contributed by atoms with Crippen molar-refractivity contribution in [3.8, 4) is 0 Å². The van der Waals surface area contributed by atoms with Crippen molar-refractivity contribution in [1.82, 2.24) is 0 Å². The van der Waals surface area contributed by atoms with Crippen LogP contribution in [-0.4, -0.2) is 24.8 Å². The van der Waals surface area contributed by atoms with Gasteiger partial charge in [-0.1, -0.05) is 6.92 Å². The number of halogens is 1. The molecular weight excluding hydrogens is 262 g/mol. The highest BCUT2D eigenvalue weighted by atomic mass is 79.9. The standard InChI is InChI=1S/C10H16BrNOS/c1-2-5-12(6-7-13)8-9-3-4-10(11)14-9/h3-4,13H,2,5-8H2,1H3/p+1. The number of nitrogens with one attached hydrogen (secondary N) is 1. The molecule has 0 fully saturated rings. The first-order valence-corrected chi connectivity index (χ1v) is 6.55. The Balaban J connectivity index is 2.46. The van der Waals surface area contributed by atoms with E-state index < -0.39 is 0 Å². The molecule has 1 heterocycles. The van der Waals surface area contributed by atoms with Crippen molar-refractivity contribution >= 4 is 27.3 Å². The SMILES string of the molecule is CCC[NH+](CCO)Cc1ccc(Br)s1. The maximum atomic E-state index is 8.92. The molecule has 2 N–H and O–H groups in total. The summed E-state index contributed by atoms with van der Waals surface area (Å²) in [6.45, 7) is 5.48. The predicted molar refractivity (Wildman–Crippen MR) is 63.8 cm³/mol. The van der Waals surface area contributed by atoms with Crippen LogP contribution in [0.1, 0.15) is 18.2 Å². The average Bonchev–Trinajstić information content (AvgIpc) is 2.52. The van der Waals surface area contributed by atoms with Crippen molar-refractivity contribution in [1.29, 1.82) is 0 Å². The Labute approximate surface area is 97.7 Å². The fraction of sp³-hybridized carbons (Fsp3) is 0.600. The smallest absolute Gasteiger partial charge is 0.112 e. The zero-order valence-corrected chi connectivity index (χ0v) is 10.8. The number of hydrogen-bond donors (Lipinski definition) is 2. The van der Waals surface area contributed by atoms with E-state index in [9.17, 15) is 0 Å². The van der Waals surface area contributed by atoms with Crippen LogP contribution >= 0.6 is 27.3 Å². The number of rotatable bonds is 6. The molecule has 0 saturated carbocycles. The maximum absolute atomic E-state index is 8.92. The van der Waals surface area contributed by atoms with E-state index in [-0.39, 0.29) is 6.61 Å². The number of quaternary nitrogens is 1. The minimum absolute atomic E-state index is 0.280. The lowest BCUT2D eigenvalue weighted by Crippen LogP contribution is -3.11. The molecule has 2 nitrogen and oxygen atoms in total. The molecule has 0 amide bonds. The van der Waals surface area contributed by atoms with E-state index in [2.05, 4.69) is 35.0 Å². The van der Waals surface area contributed by atoms with Crippen molar-refractivity contribution in [2.24, 2.45) is 0 Å². The van der Waals surface area contributed by atoms with Crippen LogP contribution in [0.4, 0.5) is 0 Å². The highest BCUT2D eigenvalue weighted by Gasteiger charge is 2.09. The molecule has 1 rings (SSSR count). The molecule has 0 aromatic carbocycles. The van der Waals surface area contributed by atoms with E-state index in [1.54, 1.807) is 11.3 Å². The monoisotopic (exact) mass is 278 g/mol. The van der Waals surface area contributed by atoms with Crippen LogP contribution < -0.4 is 4.90 Å². The van der Waals surface area contributed by atoms with Crippen LogP contribution in [0.2, 0.25) is 0 Å². The summed E-state index contributed by atoms with van der Waals surface area (Å²) in [4.78, 5) is 2.85. The van der Waals surface area contributed by atoms with Crippen molar-refractivity contribution in [3.63, 3.8) is 0 Å². The first-order valence-electron chi connectivity index (χ1n) is 4.95. The third-order valence-electron chi connectivity index (χ3n) is 2.12. The number of aliphatic hydroxyl groups is 1. The van der Waals surface area contributed by atoms with E-state index in [4.69, 9.17) is 5.11 Å². The summed E-state index contributed by atoms with van der Waals surface area (Å²) in [6.07, 6.45) is 1.17. The van der Waals surface area contributed by atoms with Gasteiger partial charge in [-0.05, 0) is 34.5 Å². The minimum Gasteiger partial charge on any atom is -0.391 e. The third kappa shape index (κ3) is 4.09. The lowest BCUT2D eigenvalue weighted by Gasteiger charge is -2.16.